The van der Waals surface area contributed by atoms with Gasteiger partial charge in [0.05, 0.1) is 19.2 Å². The number of carbonyl (C=O) groups excluding carboxylic acids is 1. The molecule has 2 N–H and O–H groups in total. The SMILES string of the molecule is CC(C)(C)c1cc(C(=O)CN2C(=N)C(Cc3ccccc3)CC2COC(c2ccccc2)c2ccccc2)cc(C(C)(C)C)c1O. The van der Waals surface area contributed by atoms with Crippen LogP contribution >= 0.6 is 0 Å². The summed E-state index contributed by atoms with van der Waals surface area (Å²) in [5, 5.41) is 20.6. The van der Waals surface area contributed by atoms with E-state index < -0.39 is 0 Å². The standard InChI is InChI=1S/C41H48N2O3/c1-40(2,3)34-24-31(25-35(37(34)45)41(4,5)6)36(44)26-43-33(23-32(39(43)42)22-28-16-10-7-11-17-28)27-46-38(29-18-12-8-13-19-29)30-20-14-9-15-21-30/h7-21,24-25,32-33,38,42,45H,22-23,26-27H2,1-6H3. The van der Waals surface area contributed by atoms with Gasteiger partial charge in [0.25, 0.3) is 0 Å². The number of amidine groups is 1. The van der Waals surface area contributed by atoms with Crippen molar-refractivity contribution in [3.8, 4) is 5.75 Å². The van der Waals surface area contributed by atoms with E-state index in [0.29, 0.717) is 18.0 Å². The van der Waals surface area contributed by atoms with E-state index in [4.69, 9.17) is 4.74 Å². The summed E-state index contributed by atoms with van der Waals surface area (Å²) in [7, 11) is 0. The van der Waals surface area contributed by atoms with Crippen molar-refractivity contribution in [1.29, 1.82) is 5.41 Å². The quantitative estimate of drug-likeness (QED) is 0.175. The lowest BCUT2D eigenvalue weighted by atomic mass is 9.78. The Morgan fingerprint density at radius 2 is 1.30 bits per heavy atom. The minimum Gasteiger partial charge on any atom is -0.507 e. The number of carbonyl (C=O) groups is 1. The van der Waals surface area contributed by atoms with Gasteiger partial charge >= 0.3 is 0 Å². The maximum absolute atomic E-state index is 14.1. The van der Waals surface area contributed by atoms with Crippen LogP contribution in [0.15, 0.2) is 103 Å². The number of hydrogen-bond donors (Lipinski definition) is 2. The molecule has 46 heavy (non-hydrogen) atoms. The molecule has 2 unspecified atom stereocenters. The number of phenols is 1. The van der Waals surface area contributed by atoms with Gasteiger partial charge in [0.15, 0.2) is 5.78 Å². The highest BCUT2D eigenvalue weighted by Gasteiger charge is 2.39. The third-order valence-corrected chi connectivity index (χ3v) is 9.04. The molecule has 0 bridgehead atoms. The number of ketones is 1. The van der Waals surface area contributed by atoms with Crippen LogP contribution in [0.2, 0.25) is 0 Å². The van der Waals surface area contributed by atoms with E-state index in [2.05, 4.69) is 77.9 Å². The minimum absolute atomic E-state index is 0.0224. The molecule has 240 valence electrons. The molecule has 0 spiro atoms. The van der Waals surface area contributed by atoms with E-state index in [-0.39, 0.29) is 47.0 Å². The van der Waals surface area contributed by atoms with Crippen molar-refractivity contribution in [3.63, 3.8) is 0 Å². The second kappa shape index (κ2) is 13.6. The van der Waals surface area contributed by atoms with Crippen LogP contribution in [0.3, 0.4) is 0 Å². The molecule has 0 amide bonds. The molecule has 0 radical (unpaired) electrons. The largest absolute Gasteiger partial charge is 0.507 e. The molecular formula is C41H48N2O3. The van der Waals surface area contributed by atoms with Crippen molar-refractivity contribution in [3.05, 3.63) is 137 Å². The van der Waals surface area contributed by atoms with E-state index in [1.165, 1.54) is 5.56 Å². The number of aromatic hydroxyl groups is 1. The van der Waals surface area contributed by atoms with Gasteiger partial charge in [-0.1, -0.05) is 133 Å². The number of benzene rings is 4. The Kier molecular flexibility index (Phi) is 9.83. The van der Waals surface area contributed by atoms with Crippen LogP contribution in [0.1, 0.15) is 92.2 Å². The van der Waals surface area contributed by atoms with Crippen LogP contribution in [-0.2, 0) is 22.0 Å². The summed E-state index contributed by atoms with van der Waals surface area (Å²) in [5.41, 5.74) is 4.71. The number of phenolic OH excluding ortho intramolecular Hbond substituents is 1. The lowest BCUT2D eigenvalue weighted by Crippen LogP contribution is -2.40. The Bertz CT molecular complexity index is 1560. The molecule has 1 saturated heterocycles. The van der Waals surface area contributed by atoms with Crippen LogP contribution in [0, 0.1) is 11.3 Å². The first kappa shape index (κ1) is 33.2. The van der Waals surface area contributed by atoms with Crippen LogP contribution in [0.4, 0.5) is 0 Å². The predicted molar refractivity (Wildman–Crippen MR) is 187 cm³/mol. The number of likely N-dealkylation sites (tertiary alicyclic amines) is 1. The average Bonchev–Trinajstić information content (AvgIpc) is 3.30. The van der Waals surface area contributed by atoms with Crippen molar-refractivity contribution < 1.29 is 14.6 Å². The number of nitrogens with one attached hydrogen (secondary N) is 1. The summed E-state index contributed by atoms with van der Waals surface area (Å²) in [5.74, 6) is 0.653. The summed E-state index contributed by atoms with van der Waals surface area (Å²) in [4.78, 5) is 16.1. The molecule has 4 aromatic carbocycles. The number of nitrogens with zero attached hydrogens (tertiary/aromatic N) is 1. The van der Waals surface area contributed by atoms with Gasteiger partial charge in [-0.25, -0.2) is 0 Å². The van der Waals surface area contributed by atoms with Crippen molar-refractivity contribution in [1.82, 2.24) is 4.90 Å². The first-order valence-electron chi connectivity index (χ1n) is 16.3. The minimum atomic E-state index is -0.345. The van der Waals surface area contributed by atoms with Gasteiger partial charge in [-0.05, 0) is 52.5 Å². The third kappa shape index (κ3) is 7.59. The number of hydrogen-bond acceptors (Lipinski definition) is 4. The fraction of sp³-hybridized carbons (Fsp3) is 0.366. The maximum atomic E-state index is 14.1. The number of Topliss-reactive ketones (excluding diaryl/α,β-unsaturated/α-hetero) is 1. The monoisotopic (exact) mass is 616 g/mol. The van der Waals surface area contributed by atoms with Crippen LogP contribution in [0.5, 0.6) is 5.75 Å². The van der Waals surface area contributed by atoms with Crippen molar-refractivity contribution in [2.45, 2.75) is 77.4 Å². The predicted octanol–water partition coefficient (Wildman–Crippen LogP) is 8.89. The maximum Gasteiger partial charge on any atom is 0.182 e. The summed E-state index contributed by atoms with van der Waals surface area (Å²) in [6.07, 6.45) is 1.21. The topological polar surface area (TPSA) is 73.6 Å². The highest BCUT2D eigenvalue weighted by molar-refractivity contribution is 6.01. The fourth-order valence-electron chi connectivity index (χ4n) is 6.48. The molecule has 2 atom stereocenters. The zero-order chi connectivity index (χ0) is 33.1. The Hall–Kier alpha value is -4.22. The first-order valence-corrected chi connectivity index (χ1v) is 16.3. The second-order valence-electron chi connectivity index (χ2n) is 14.7. The van der Waals surface area contributed by atoms with Gasteiger partial charge in [-0.15, -0.1) is 0 Å². The van der Waals surface area contributed by atoms with Gasteiger partial charge in [0.1, 0.15) is 17.7 Å². The number of ether oxygens (including phenoxy) is 1. The lowest BCUT2D eigenvalue weighted by molar-refractivity contribution is 0.0450. The van der Waals surface area contributed by atoms with E-state index >= 15 is 0 Å². The Balaban J connectivity index is 1.45. The summed E-state index contributed by atoms with van der Waals surface area (Å²) < 4.78 is 6.72. The number of rotatable bonds is 10. The molecule has 5 heteroatoms. The molecule has 5 rings (SSSR count). The third-order valence-electron chi connectivity index (χ3n) is 9.04. The molecule has 5 nitrogen and oxygen atoms in total. The van der Waals surface area contributed by atoms with Crippen molar-refractivity contribution in [2.75, 3.05) is 13.2 Å². The summed E-state index contributed by atoms with van der Waals surface area (Å²) in [6, 6.07) is 34.3. The van der Waals surface area contributed by atoms with Gasteiger partial charge in [-0.2, -0.15) is 0 Å². The molecular weight excluding hydrogens is 568 g/mol. The van der Waals surface area contributed by atoms with E-state index in [1.807, 2.05) is 71.6 Å². The van der Waals surface area contributed by atoms with E-state index in [1.54, 1.807) is 0 Å². The first-order chi connectivity index (χ1) is 21.8. The molecule has 0 aromatic heterocycles. The Morgan fingerprint density at radius 1 is 0.826 bits per heavy atom. The van der Waals surface area contributed by atoms with Gasteiger partial charge < -0.3 is 14.7 Å². The molecule has 1 aliphatic rings. The molecule has 1 heterocycles. The summed E-state index contributed by atoms with van der Waals surface area (Å²) in [6.45, 7) is 12.8. The smallest absolute Gasteiger partial charge is 0.182 e. The molecule has 4 aromatic rings. The van der Waals surface area contributed by atoms with Gasteiger partial charge in [-0.3, -0.25) is 10.2 Å². The zero-order valence-corrected chi connectivity index (χ0v) is 28.1. The lowest BCUT2D eigenvalue weighted by Gasteiger charge is -2.30. The molecule has 1 fully saturated rings. The van der Waals surface area contributed by atoms with Crippen LogP contribution in [-0.4, -0.2) is 40.8 Å². The average molecular weight is 617 g/mol. The molecule has 0 saturated carbocycles. The zero-order valence-electron chi connectivity index (χ0n) is 28.1. The Labute approximate surface area is 274 Å². The van der Waals surface area contributed by atoms with E-state index in [0.717, 1.165) is 35.1 Å². The highest BCUT2D eigenvalue weighted by atomic mass is 16.5. The highest BCUT2D eigenvalue weighted by Crippen LogP contribution is 2.40. The fourth-order valence-corrected chi connectivity index (χ4v) is 6.48. The van der Waals surface area contributed by atoms with Crippen molar-refractivity contribution in [2.24, 2.45) is 5.92 Å². The van der Waals surface area contributed by atoms with Gasteiger partial charge in [0, 0.05) is 22.6 Å². The molecule has 1 aliphatic heterocycles. The van der Waals surface area contributed by atoms with Crippen LogP contribution < -0.4 is 0 Å². The normalized spacial score (nSPS) is 17.1. The Morgan fingerprint density at radius 3 is 1.78 bits per heavy atom. The van der Waals surface area contributed by atoms with Crippen LogP contribution in [0.25, 0.3) is 0 Å². The summed E-state index contributed by atoms with van der Waals surface area (Å²) >= 11 is 0. The second-order valence-corrected chi connectivity index (χ2v) is 14.7. The van der Waals surface area contributed by atoms with Gasteiger partial charge in [0.2, 0.25) is 0 Å². The molecule has 0 aliphatic carbocycles. The van der Waals surface area contributed by atoms with E-state index in [9.17, 15) is 15.3 Å². The van der Waals surface area contributed by atoms with Crippen molar-refractivity contribution >= 4 is 11.6 Å².